The van der Waals surface area contributed by atoms with Gasteiger partial charge in [0.2, 0.25) is 5.89 Å². The lowest BCUT2D eigenvalue weighted by molar-refractivity contribution is -0.131. The number of aryl methyl sites for hydroxylation is 2. The van der Waals surface area contributed by atoms with Gasteiger partial charge < -0.3 is 9.73 Å². The van der Waals surface area contributed by atoms with E-state index in [1.165, 1.54) is 0 Å². The highest BCUT2D eigenvalue weighted by Gasteiger charge is 2.49. The van der Waals surface area contributed by atoms with Crippen LogP contribution in [0, 0.1) is 13.8 Å². The standard InChI is InChI=1S/C16H16BrN3O3/c1-9-10(2)23-13(18-9)8-20-14(21)16(3,19-15(20)22)11-5-4-6-12(17)7-11/h4-7H,8H2,1-3H3,(H,19,22)/t16-/m1/s1. The molecule has 0 radical (unpaired) electrons. The fourth-order valence-corrected chi connectivity index (χ4v) is 2.98. The molecule has 0 aliphatic carbocycles. The van der Waals surface area contributed by atoms with Crippen LogP contribution in [0.3, 0.4) is 0 Å². The largest absolute Gasteiger partial charge is 0.444 e. The van der Waals surface area contributed by atoms with E-state index in [4.69, 9.17) is 4.42 Å². The number of hydrogen-bond donors (Lipinski definition) is 1. The first-order valence-corrected chi connectivity index (χ1v) is 7.93. The minimum Gasteiger partial charge on any atom is -0.444 e. The number of amides is 3. The minimum absolute atomic E-state index is 0.0168. The van der Waals surface area contributed by atoms with E-state index >= 15 is 0 Å². The van der Waals surface area contributed by atoms with Gasteiger partial charge in [0.25, 0.3) is 5.91 Å². The fraction of sp³-hybridized carbons (Fsp3) is 0.312. The summed E-state index contributed by atoms with van der Waals surface area (Å²) >= 11 is 3.39. The van der Waals surface area contributed by atoms with Crippen molar-refractivity contribution in [1.29, 1.82) is 0 Å². The van der Waals surface area contributed by atoms with Gasteiger partial charge in [0.15, 0.2) is 0 Å². The van der Waals surface area contributed by atoms with Crippen LogP contribution < -0.4 is 5.32 Å². The molecule has 23 heavy (non-hydrogen) atoms. The maximum absolute atomic E-state index is 12.8. The van der Waals surface area contributed by atoms with E-state index in [2.05, 4.69) is 26.2 Å². The van der Waals surface area contributed by atoms with Gasteiger partial charge in [0.1, 0.15) is 17.8 Å². The Morgan fingerprint density at radius 3 is 2.70 bits per heavy atom. The molecule has 6 nitrogen and oxygen atoms in total. The third-order valence-corrected chi connectivity index (χ3v) is 4.54. The molecule has 7 heteroatoms. The van der Waals surface area contributed by atoms with E-state index in [-0.39, 0.29) is 12.5 Å². The van der Waals surface area contributed by atoms with E-state index in [1.807, 2.05) is 31.2 Å². The van der Waals surface area contributed by atoms with E-state index < -0.39 is 11.6 Å². The molecule has 0 saturated carbocycles. The first kappa shape index (κ1) is 15.7. The molecular formula is C16H16BrN3O3. The molecular weight excluding hydrogens is 362 g/mol. The monoisotopic (exact) mass is 377 g/mol. The van der Waals surface area contributed by atoms with Crippen LogP contribution in [0.25, 0.3) is 0 Å². The molecule has 1 aromatic heterocycles. The van der Waals surface area contributed by atoms with E-state index in [0.29, 0.717) is 17.2 Å². The highest BCUT2D eigenvalue weighted by molar-refractivity contribution is 9.10. The van der Waals surface area contributed by atoms with Gasteiger partial charge in [0, 0.05) is 4.47 Å². The number of benzene rings is 1. The number of urea groups is 1. The topological polar surface area (TPSA) is 75.4 Å². The van der Waals surface area contributed by atoms with Gasteiger partial charge in [0.05, 0.1) is 5.69 Å². The predicted octanol–water partition coefficient (Wildman–Crippen LogP) is 3.02. The first-order chi connectivity index (χ1) is 10.8. The van der Waals surface area contributed by atoms with Gasteiger partial charge in [-0.05, 0) is 38.5 Å². The van der Waals surface area contributed by atoms with Crippen LogP contribution in [0.1, 0.15) is 29.8 Å². The number of oxazole rings is 1. The number of carbonyl (C=O) groups is 2. The molecule has 0 unspecified atom stereocenters. The van der Waals surface area contributed by atoms with Crippen molar-refractivity contribution in [3.63, 3.8) is 0 Å². The average Bonchev–Trinajstić information content (AvgIpc) is 2.92. The molecule has 1 aromatic carbocycles. The summed E-state index contributed by atoms with van der Waals surface area (Å²) in [6.07, 6.45) is 0. The summed E-state index contributed by atoms with van der Waals surface area (Å²) in [5.74, 6) is 0.706. The Balaban J connectivity index is 1.90. The van der Waals surface area contributed by atoms with Crippen molar-refractivity contribution < 1.29 is 14.0 Å². The minimum atomic E-state index is -1.10. The Morgan fingerprint density at radius 1 is 1.35 bits per heavy atom. The summed E-state index contributed by atoms with van der Waals surface area (Å²) in [6, 6.07) is 6.87. The van der Waals surface area contributed by atoms with Crippen LogP contribution in [0.2, 0.25) is 0 Å². The lowest BCUT2D eigenvalue weighted by atomic mass is 9.92. The summed E-state index contributed by atoms with van der Waals surface area (Å²) in [5.41, 5.74) is 0.367. The van der Waals surface area contributed by atoms with Crippen LogP contribution in [0.4, 0.5) is 4.79 Å². The third kappa shape index (κ3) is 2.65. The number of rotatable bonds is 3. The number of nitrogens with one attached hydrogen (secondary N) is 1. The van der Waals surface area contributed by atoms with Gasteiger partial charge in [-0.3, -0.25) is 9.69 Å². The zero-order chi connectivity index (χ0) is 16.8. The van der Waals surface area contributed by atoms with Crippen molar-refractivity contribution in [2.75, 3.05) is 0 Å². The normalized spacial score (nSPS) is 21.0. The summed E-state index contributed by atoms with van der Waals surface area (Å²) < 4.78 is 6.32. The smallest absolute Gasteiger partial charge is 0.325 e. The van der Waals surface area contributed by atoms with E-state index in [1.54, 1.807) is 13.8 Å². The molecule has 1 aliphatic rings. The fourth-order valence-electron chi connectivity index (χ4n) is 2.58. The van der Waals surface area contributed by atoms with Gasteiger partial charge in [-0.15, -0.1) is 0 Å². The first-order valence-electron chi connectivity index (χ1n) is 7.14. The van der Waals surface area contributed by atoms with Crippen molar-refractivity contribution in [1.82, 2.24) is 15.2 Å². The summed E-state index contributed by atoms with van der Waals surface area (Å²) in [5, 5.41) is 2.76. The molecule has 1 N–H and O–H groups in total. The maximum atomic E-state index is 12.8. The van der Waals surface area contributed by atoms with E-state index in [0.717, 1.165) is 15.1 Å². The van der Waals surface area contributed by atoms with E-state index in [9.17, 15) is 9.59 Å². The molecule has 3 amide bonds. The Bertz CT molecular complexity index is 782. The second kappa shape index (κ2) is 5.49. The van der Waals surface area contributed by atoms with Crippen LogP contribution in [0.15, 0.2) is 33.2 Å². The molecule has 0 spiro atoms. The Hall–Kier alpha value is -2.15. The second-order valence-corrected chi connectivity index (χ2v) is 6.62. The van der Waals surface area contributed by atoms with Crippen molar-refractivity contribution in [3.05, 3.63) is 51.6 Å². The Morgan fingerprint density at radius 2 is 2.09 bits per heavy atom. The number of nitrogens with zero attached hydrogens (tertiary/aromatic N) is 2. The van der Waals surface area contributed by atoms with Crippen molar-refractivity contribution in [3.8, 4) is 0 Å². The van der Waals surface area contributed by atoms with Gasteiger partial charge in [-0.1, -0.05) is 28.1 Å². The summed E-state index contributed by atoms with van der Waals surface area (Å²) in [4.78, 5) is 30.4. The van der Waals surface area contributed by atoms with Gasteiger partial charge in [-0.25, -0.2) is 9.78 Å². The summed E-state index contributed by atoms with van der Waals surface area (Å²) in [6.45, 7) is 5.33. The molecule has 1 aliphatic heterocycles. The molecule has 2 aromatic rings. The predicted molar refractivity (Wildman–Crippen MR) is 86.6 cm³/mol. The molecule has 1 fully saturated rings. The number of hydrogen-bond acceptors (Lipinski definition) is 4. The number of imide groups is 1. The zero-order valence-electron chi connectivity index (χ0n) is 13.0. The number of aromatic nitrogens is 1. The number of halogens is 1. The summed E-state index contributed by atoms with van der Waals surface area (Å²) in [7, 11) is 0. The molecule has 120 valence electrons. The molecule has 2 heterocycles. The zero-order valence-corrected chi connectivity index (χ0v) is 14.6. The molecule has 1 atom stereocenters. The lowest BCUT2D eigenvalue weighted by Crippen LogP contribution is -2.40. The van der Waals surface area contributed by atoms with Crippen molar-refractivity contribution >= 4 is 27.9 Å². The van der Waals surface area contributed by atoms with Crippen LogP contribution >= 0.6 is 15.9 Å². The highest BCUT2D eigenvalue weighted by Crippen LogP contribution is 2.31. The second-order valence-electron chi connectivity index (χ2n) is 5.71. The van der Waals surface area contributed by atoms with Gasteiger partial charge in [-0.2, -0.15) is 0 Å². The third-order valence-electron chi connectivity index (χ3n) is 4.04. The van der Waals surface area contributed by atoms with Crippen LogP contribution in [-0.4, -0.2) is 21.8 Å². The quantitative estimate of drug-likeness (QED) is 0.834. The van der Waals surface area contributed by atoms with Gasteiger partial charge >= 0.3 is 6.03 Å². The van der Waals surface area contributed by atoms with Crippen LogP contribution in [0.5, 0.6) is 0 Å². The molecule has 0 bridgehead atoms. The van der Waals surface area contributed by atoms with Crippen LogP contribution in [-0.2, 0) is 16.9 Å². The number of carbonyl (C=O) groups excluding carboxylic acids is 2. The molecule has 3 rings (SSSR count). The molecule has 1 saturated heterocycles. The van der Waals surface area contributed by atoms with Crippen molar-refractivity contribution in [2.45, 2.75) is 32.9 Å². The lowest BCUT2D eigenvalue weighted by Gasteiger charge is -2.22. The average molecular weight is 378 g/mol. The highest BCUT2D eigenvalue weighted by atomic mass is 79.9. The van der Waals surface area contributed by atoms with Crippen molar-refractivity contribution in [2.24, 2.45) is 0 Å². The Kier molecular flexibility index (Phi) is 3.75. The Labute approximate surface area is 142 Å². The SMILES string of the molecule is Cc1nc(CN2C(=O)N[C@](C)(c3cccc(Br)c3)C2=O)oc1C. The maximum Gasteiger partial charge on any atom is 0.325 e.